The highest BCUT2D eigenvalue weighted by Crippen LogP contribution is 2.24. The summed E-state index contributed by atoms with van der Waals surface area (Å²) in [5.74, 6) is 0. The molecule has 100 valence electrons. The normalized spacial score (nSPS) is 27.7. The molecule has 1 aliphatic rings. The molecule has 3 heteroatoms. The van der Waals surface area contributed by atoms with Crippen molar-refractivity contribution in [3.63, 3.8) is 0 Å². The van der Waals surface area contributed by atoms with E-state index in [0.717, 1.165) is 6.54 Å². The summed E-state index contributed by atoms with van der Waals surface area (Å²) >= 11 is 0. The predicted octanol–water partition coefficient (Wildman–Crippen LogP) is 1.93. The molecule has 0 aliphatic carbocycles. The highest BCUT2D eigenvalue weighted by Gasteiger charge is 2.38. The second kappa shape index (κ2) is 5.39. The van der Waals surface area contributed by atoms with E-state index in [4.69, 9.17) is 4.74 Å². The highest BCUT2D eigenvalue weighted by molar-refractivity contribution is 5.29. The Morgan fingerprint density at radius 2 is 2.17 bits per heavy atom. The van der Waals surface area contributed by atoms with Crippen molar-refractivity contribution in [1.82, 2.24) is 5.32 Å². The Kier molecular flexibility index (Phi) is 4.05. The number of aryl methyl sites for hydroxylation is 2. The summed E-state index contributed by atoms with van der Waals surface area (Å²) in [6, 6.07) is 6.47. The Labute approximate surface area is 109 Å². The molecular formula is C15H23NO2. The van der Waals surface area contributed by atoms with Gasteiger partial charge < -0.3 is 15.2 Å². The maximum absolute atomic E-state index is 10.3. The topological polar surface area (TPSA) is 41.5 Å². The van der Waals surface area contributed by atoms with Crippen LogP contribution in [0, 0.1) is 13.8 Å². The van der Waals surface area contributed by atoms with Crippen molar-refractivity contribution in [3.8, 4) is 0 Å². The fraction of sp³-hybridized carbons (Fsp3) is 0.600. The van der Waals surface area contributed by atoms with E-state index in [-0.39, 0.29) is 6.10 Å². The Balaban J connectivity index is 1.86. The monoisotopic (exact) mass is 249 g/mol. The van der Waals surface area contributed by atoms with Crippen LogP contribution in [0.1, 0.15) is 30.0 Å². The third-order valence-electron chi connectivity index (χ3n) is 3.99. The second-order valence-corrected chi connectivity index (χ2v) is 5.39. The molecule has 0 radical (unpaired) electrons. The maximum Gasteiger partial charge on any atom is 0.105 e. The molecule has 1 aromatic carbocycles. The molecule has 0 bridgehead atoms. The van der Waals surface area contributed by atoms with Crippen molar-refractivity contribution in [2.45, 2.75) is 45.4 Å². The number of benzene rings is 1. The molecular weight excluding hydrogens is 226 g/mol. The van der Waals surface area contributed by atoms with Gasteiger partial charge in [0.1, 0.15) is 5.60 Å². The second-order valence-electron chi connectivity index (χ2n) is 5.39. The third-order valence-corrected chi connectivity index (χ3v) is 3.99. The zero-order valence-electron chi connectivity index (χ0n) is 11.5. The molecule has 2 N–H and O–H groups in total. The van der Waals surface area contributed by atoms with Crippen LogP contribution < -0.4 is 5.32 Å². The van der Waals surface area contributed by atoms with E-state index in [0.29, 0.717) is 19.6 Å². The lowest BCUT2D eigenvalue weighted by atomic mass is 9.96. The third kappa shape index (κ3) is 2.91. The standard InChI is InChI=1S/C15H23NO2/c1-11-4-5-14(8-12(11)2)9-16-10-15(17)6-7-18-13(15)3/h4-5,8,13,16-17H,6-7,9-10H2,1-3H3. The molecule has 0 saturated carbocycles. The number of aliphatic hydroxyl groups is 1. The van der Waals surface area contributed by atoms with Crippen LogP contribution in [0.5, 0.6) is 0 Å². The van der Waals surface area contributed by atoms with Crippen LogP contribution in [-0.4, -0.2) is 30.0 Å². The molecule has 2 unspecified atom stereocenters. The van der Waals surface area contributed by atoms with Crippen LogP contribution in [0.15, 0.2) is 18.2 Å². The Bertz CT molecular complexity index is 419. The average Bonchev–Trinajstić information content (AvgIpc) is 2.65. The van der Waals surface area contributed by atoms with Crippen molar-refractivity contribution in [2.24, 2.45) is 0 Å². The first-order valence-corrected chi connectivity index (χ1v) is 6.62. The number of ether oxygens (including phenoxy) is 1. The lowest BCUT2D eigenvalue weighted by molar-refractivity contribution is -0.0262. The van der Waals surface area contributed by atoms with Gasteiger partial charge in [-0.15, -0.1) is 0 Å². The van der Waals surface area contributed by atoms with Crippen molar-refractivity contribution in [3.05, 3.63) is 34.9 Å². The van der Waals surface area contributed by atoms with Gasteiger partial charge in [-0.1, -0.05) is 18.2 Å². The van der Waals surface area contributed by atoms with Gasteiger partial charge in [0.05, 0.1) is 6.10 Å². The fourth-order valence-electron chi connectivity index (χ4n) is 2.34. The summed E-state index contributed by atoms with van der Waals surface area (Å²) in [6.45, 7) is 8.21. The van der Waals surface area contributed by atoms with Gasteiger partial charge in [-0.25, -0.2) is 0 Å². The van der Waals surface area contributed by atoms with Crippen LogP contribution in [0.25, 0.3) is 0 Å². The Hall–Kier alpha value is -0.900. The first kappa shape index (κ1) is 13.5. The number of hydrogen-bond donors (Lipinski definition) is 2. The Morgan fingerprint density at radius 1 is 1.39 bits per heavy atom. The van der Waals surface area contributed by atoms with Gasteiger partial charge >= 0.3 is 0 Å². The summed E-state index contributed by atoms with van der Waals surface area (Å²) in [5, 5.41) is 13.7. The molecule has 2 atom stereocenters. The number of hydrogen-bond acceptors (Lipinski definition) is 3. The zero-order valence-corrected chi connectivity index (χ0v) is 11.5. The van der Waals surface area contributed by atoms with Crippen molar-refractivity contribution in [1.29, 1.82) is 0 Å². The zero-order chi connectivity index (χ0) is 13.2. The molecule has 0 amide bonds. The summed E-state index contributed by atoms with van der Waals surface area (Å²) in [4.78, 5) is 0. The molecule has 1 aromatic rings. The van der Waals surface area contributed by atoms with Crippen LogP contribution in [-0.2, 0) is 11.3 Å². The van der Waals surface area contributed by atoms with Crippen LogP contribution in [0.2, 0.25) is 0 Å². The number of nitrogens with one attached hydrogen (secondary N) is 1. The lowest BCUT2D eigenvalue weighted by Crippen LogP contribution is -2.45. The van der Waals surface area contributed by atoms with E-state index in [9.17, 15) is 5.11 Å². The van der Waals surface area contributed by atoms with E-state index in [2.05, 4.69) is 37.4 Å². The van der Waals surface area contributed by atoms with E-state index in [1.807, 2.05) is 6.92 Å². The molecule has 2 rings (SSSR count). The van der Waals surface area contributed by atoms with Gasteiger partial charge in [0, 0.05) is 26.1 Å². The van der Waals surface area contributed by atoms with Gasteiger partial charge in [-0.3, -0.25) is 0 Å². The first-order chi connectivity index (χ1) is 8.51. The van der Waals surface area contributed by atoms with E-state index in [1.54, 1.807) is 0 Å². The van der Waals surface area contributed by atoms with Crippen molar-refractivity contribution in [2.75, 3.05) is 13.2 Å². The van der Waals surface area contributed by atoms with E-state index >= 15 is 0 Å². The molecule has 18 heavy (non-hydrogen) atoms. The molecule has 0 spiro atoms. The predicted molar refractivity (Wildman–Crippen MR) is 72.6 cm³/mol. The minimum absolute atomic E-state index is 0.0789. The van der Waals surface area contributed by atoms with Gasteiger partial charge in [0.2, 0.25) is 0 Å². The van der Waals surface area contributed by atoms with Crippen LogP contribution >= 0.6 is 0 Å². The molecule has 1 aliphatic heterocycles. The van der Waals surface area contributed by atoms with Crippen LogP contribution in [0.3, 0.4) is 0 Å². The Morgan fingerprint density at radius 3 is 2.78 bits per heavy atom. The lowest BCUT2D eigenvalue weighted by Gasteiger charge is -2.26. The van der Waals surface area contributed by atoms with Gasteiger partial charge in [0.25, 0.3) is 0 Å². The average molecular weight is 249 g/mol. The number of rotatable bonds is 4. The SMILES string of the molecule is Cc1ccc(CNCC2(O)CCOC2C)cc1C. The van der Waals surface area contributed by atoms with Crippen molar-refractivity contribution >= 4 is 0 Å². The minimum atomic E-state index is -0.709. The van der Waals surface area contributed by atoms with Crippen LogP contribution in [0.4, 0.5) is 0 Å². The molecule has 1 heterocycles. The van der Waals surface area contributed by atoms with Crippen molar-refractivity contribution < 1.29 is 9.84 Å². The molecule has 3 nitrogen and oxygen atoms in total. The first-order valence-electron chi connectivity index (χ1n) is 6.62. The largest absolute Gasteiger partial charge is 0.386 e. The molecule has 1 saturated heterocycles. The highest BCUT2D eigenvalue weighted by atomic mass is 16.5. The van der Waals surface area contributed by atoms with Gasteiger partial charge in [0.15, 0.2) is 0 Å². The summed E-state index contributed by atoms with van der Waals surface area (Å²) in [7, 11) is 0. The maximum atomic E-state index is 10.3. The minimum Gasteiger partial charge on any atom is -0.386 e. The summed E-state index contributed by atoms with van der Waals surface area (Å²) < 4.78 is 5.42. The smallest absolute Gasteiger partial charge is 0.105 e. The fourth-order valence-corrected chi connectivity index (χ4v) is 2.34. The van der Waals surface area contributed by atoms with E-state index in [1.165, 1.54) is 16.7 Å². The van der Waals surface area contributed by atoms with Gasteiger partial charge in [-0.2, -0.15) is 0 Å². The molecule has 0 aromatic heterocycles. The summed E-state index contributed by atoms with van der Waals surface area (Å²) in [6.07, 6.45) is 0.637. The van der Waals surface area contributed by atoms with Gasteiger partial charge in [-0.05, 0) is 37.5 Å². The molecule has 1 fully saturated rings. The van der Waals surface area contributed by atoms with E-state index < -0.39 is 5.60 Å². The quantitative estimate of drug-likeness (QED) is 0.857. The summed E-state index contributed by atoms with van der Waals surface area (Å²) in [5.41, 5.74) is 3.17.